The molecular weight excluding hydrogens is 172 g/mol. The summed E-state index contributed by atoms with van der Waals surface area (Å²) in [5, 5.41) is 0. The van der Waals surface area contributed by atoms with Gasteiger partial charge in [-0.1, -0.05) is 0 Å². The number of carbonyl (C=O) groups excluding carboxylic acids is 2. The lowest BCUT2D eigenvalue weighted by Crippen LogP contribution is -2.29. The first-order valence-corrected chi connectivity index (χ1v) is 4.44. The molecule has 0 amide bonds. The van der Waals surface area contributed by atoms with Crippen molar-refractivity contribution in [3.63, 3.8) is 0 Å². The minimum Gasteiger partial charge on any atom is -0.459 e. The first-order chi connectivity index (χ1) is 6.09. The van der Waals surface area contributed by atoms with Gasteiger partial charge in [0.2, 0.25) is 0 Å². The second-order valence-corrected chi connectivity index (χ2v) is 3.23. The van der Waals surface area contributed by atoms with Gasteiger partial charge in [-0.15, -0.1) is 0 Å². The summed E-state index contributed by atoms with van der Waals surface area (Å²) >= 11 is 0. The second-order valence-electron chi connectivity index (χ2n) is 3.23. The molecule has 0 saturated heterocycles. The highest BCUT2D eigenvalue weighted by Gasteiger charge is 2.31. The van der Waals surface area contributed by atoms with Crippen LogP contribution in [0.15, 0.2) is 0 Å². The number of esters is 2. The molecule has 74 valence electrons. The van der Waals surface area contributed by atoms with Gasteiger partial charge in [-0.25, -0.2) is 0 Å². The molecule has 1 rings (SSSR count). The number of carbonyl (C=O) groups is 2. The van der Waals surface area contributed by atoms with Gasteiger partial charge < -0.3 is 9.47 Å². The van der Waals surface area contributed by atoms with Crippen molar-refractivity contribution in [1.82, 2.24) is 0 Å². The summed E-state index contributed by atoms with van der Waals surface area (Å²) in [6.45, 7) is 2.73. The van der Waals surface area contributed by atoms with E-state index in [1.807, 2.05) is 0 Å². The molecule has 0 spiro atoms. The molecule has 0 unspecified atom stereocenters. The van der Waals surface area contributed by atoms with Gasteiger partial charge in [-0.2, -0.15) is 0 Å². The fourth-order valence-electron chi connectivity index (χ4n) is 1.59. The average Bonchev–Trinajstić information content (AvgIpc) is 2.34. The molecule has 1 aliphatic carbocycles. The molecule has 4 nitrogen and oxygen atoms in total. The molecule has 1 fully saturated rings. The highest BCUT2D eigenvalue weighted by molar-refractivity contribution is 5.67. The van der Waals surface area contributed by atoms with E-state index < -0.39 is 0 Å². The Labute approximate surface area is 77.2 Å². The SMILES string of the molecule is CC(=O)O[C@H]1CCC[C@@H]1OC(C)=O. The highest BCUT2D eigenvalue weighted by Crippen LogP contribution is 2.25. The monoisotopic (exact) mass is 186 g/mol. The highest BCUT2D eigenvalue weighted by atomic mass is 16.6. The lowest BCUT2D eigenvalue weighted by atomic mass is 10.2. The molecule has 0 radical (unpaired) electrons. The second kappa shape index (κ2) is 4.25. The largest absolute Gasteiger partial charge is 0.459 e. The maximum absolute atomic E-state index is 10.7. The summed E-state index contributed by atoms with van der Waals surface area (Å²) in [5.74, 6) is -0.631. The minimum absolute atomic E-state index is 0.235. The molecule has 0 heterocycles. The van der Waals surface area contributed by atoms with Crippen molar-refractivity contribution in [3.8, 4) is 0 Å². The van der Waals surface area contributed by atoms with Crippen LogP contribution in [-0.4, -0.2) is 24.1 Å². The van der Waals surface area contributed by atoms with E-state index in [0.29, 0.717) is 0 Å². The Balaban J connectivity index is 2.43. The number of hydrogen-bond acceptors (Lipinski definition) is 4. The van der Waals surface area contributed by atoms with Gasteiger partial charge in [-0.05, 0) is 19.3 Å². The van der Waals surface area contributed by atoms with Crippen LogP contribution in [0.1, 0.15) is 33.1 Å². The molecule has 0 aliphatic heterocycles. The molecule has 2 atom stereocenters. The fourth-order valence-corrected chi connectivity index (χ4v) is 1.59. The Morgan fingerprint density at radius 2 is 1.38 bits per heavy atom. The molecular formula is C9H14O4. The van der Waals surface area contributed by atoms with Crippen LogP contribution in [0.25, 0.3) is 0 Å². The van der Waals surface area contributed by atoms with Crippen molar-refractivity contribution < 1.29 is 19.1 Å². The third-order valence-corrected chi connectivity index (χ3v) is 2.03. The van der Waals surface area contributed by atoms with Crippen LogP contribution in [0, 0.1) is 0 Å². The van der Waals surface area contributed by atoms with Crippen LogP contribution >= 0.6 is 0 Å². The summed E-state index contributed by atoms with van der Waals surface area (Å²) in [5.41, 5.74) is 0. The van der Waals surface area contributed by atoms with Crippen molar-refractivity contribution >= 4 is 11.9 Å². The van der Waals surface area contributed by atoms with Crippen LogP contribution in [0.3, 0.4) is 0 Å². The molecule has 0 aromatic rings. The van der Waals surface area contributed by atoms with Gasteiger partial charge in [-0.3, -0.25) is 9.59 Å². The van der Waals surface area contributed by atoms with E-state index in [1.165, 1.54) is 13.8 Å². The van der Waals surface area contributed by atoms with Crippen LogP contribution in [0.5, 0.6) is 0 Å². The Hall–Kier alpha value is -1.06. The average molecular weight is 186 g/mol. The van der Waals surface area contributed by atoms with Gasteiger partial charge in [0.05, 0.1) is 0 Å². The maximum Gasteiger partial charge on any atom is 0.303 e. The number of hydrogen-bond donors (Lipinski definition) is 0. The predicted octanol–water partition coefficient (Wildman–Crippen LogP) is 1.03. The molecule has 13 heavy (non-hydrogen) atoms. The molecule has 0 aromatic carbocycles. The van der Waals surface area contributed by atoms with Crippen molar-refractivity contribution in [2.75, 3.05) is 0 Å². The van der Waals surface area contributed by atoms with E-state index in [9.17, 15) is 9.59 Å². The lowest BCUT2D eigenvalue weighted by molar-refractivity contribution is -0.162. The van der Waals surface area contributed by atoms with Gasteiger partial charge >= 0.3 is 11.9 Å². The summed E-state index contributed by atoms with van der Waals surface area (Å²) in [7, 11) is 0. The summed E-state index contributed by atoms with van der Waals surface area (Å²) < 4.78 is 10.0. The van der Waals surface area contributed by atoms with E-state index in [4.69, 9.17) is 9.47 Å². The molecule has 0 bridgehead atoms. The molecule has 0 aromatic heterocycles. The summed E-state index contributed by atoms with van der Waals surface area (Å²) in [4.78, 5) is 21.3. The predicted molar refractivity (Wildman–Crippen MR) is 45.0 cm³/mol. The Morgan fingerprint density at radius 3 is 1.69 bits per heavy atom. The van der Waals surface area contributed by atoms with Crippen molar-refractivity contribution in [3.05, 3.63) is 0 Å². The van der Waals surface area contributed by atoms with E-state index in [2.05, 4.69) is 0 Å². The molecule has 1 saturated carbocycles. The van der Waals surface area contributed by atoms with Crippen LogP contribution < -0.4 is 0 Å². The van der Waals surface area contributed by atoms with E-state index in [1.54, 1.807) is 0 Å². The quantitative estimate of drug-likeness (QED) is 0.604. The lowest BCUT2D eigenvalue weighted by Gasteiger charge is -2.18. The van der Waals surface area contributed by atoms with Gasteiger partial charge in [0.15, 0.2) is 0 Å². The number of ether oxygens (including phenoxy) is 2. The standard InChI is InChI=1S/C9H14O4/c1-6(10)12-8-4-3-5-9(8)13-7(2)11/h8-9H,3-5H2,1-2H3/t8-,9-/m0/s1. The van der Waals surface area contributed by atoms with Crippen molar-refractivity contribution in [1.29, 1.82) is 0 Å². The van der Waals surface area contributed by atoms with Crippen LogP contribution in [-0.2, 0) is 19.1 Å². The Bertz CT molecular complexity index is 190. The topological polar surface area (TPSA) is 52.6 Å². The van der Waals surface area contributed by atoms with Gasteiger partial charge in [0.1, 0.15) is 12.2 Å². The summed E-state index contributed by atoms with van der Waals surface area (Å²) in [6, 6.07) is 0. The Morgan fingerprint density at radius 1 is 1.00 bits per heavy atom. The van der Waals surface area contributed by atoms with Crippen molar-refractivity contribution in [2.45, 2.75) is 45.3 Å². The minimum atomic E-state index is -0.316. The third-order valence-electron chi connectivity index (χ3n) is 2.03. The molecule has 0 N–H and O–H groups in total. The van der Waals surface area contributed by atoms with Crippen molar-refractivity contribution in [2.24, 2.45) is 0 Å². The molecule has 4 heteroatoms. The normalized spacial score (nSPS) is 26.9. The molecule has 1 aliphatic rings. The van der Waals surface area contributed by atoms with E-state index in [0.717, 1.165) is 19.3 Å². The third kappa shape index (κ3) is 3.05. The zero-order valence-electron chi connectivity index (χ0n) is 7.91. The van der Waals surface area contributed by atoms with Crippen LogP contribution in [0.2, 0.25) is 0 Å². The number of rotatable bonds is 2. The fraction of sp³-hybridized carbons (Fsp3) is 0.778. The van der Waals surface area contributed by atoms with Gasteiger partial charge in [0, 0.05) is 13.8 Å². The van der Waals surface area contributed by atoms with Crippen LogP contribution in [0.4, 0.5) is 0 Å². The van der Waals surface area contributed by atoms with Gasteiger partial charge in [0.25, 0.3) is 0 Å². The maximum atomic E-state index is 10.7. The zero-order valence-corrected chi connectivity index (χ0v) is 7.91. The Kier molecular flexibility index (Phi) is 3.28. The first kappa shape index (κ1) is 10.0. The zero-order chi connectivity index (χ0) is 9.84. The summed E-state index contributed by atoms with van der Waals surface area (Å²) in [6.07, 6.45) is 2.05. The van der Waals surface area contributed by atoms with E-state index >= 15 is 0 Å². The smallest absolute Gasteiger partial charge is 0.303 e. The first-order valence-electron chi connectivity index (χ1n) is 4.44. The van der Waals surface area contributed by atoms with E-state index in [-0.39, 0.29) is 24.1 Å².